The molecule has 2 amide bonds. The molecule has 2 N–H and O–H groups in total. The lowest BCUT2D eigenvalue weighted by atomic mass is 9.88. The number of hydrogen-bond acceptors (Lipinski definition) is 6. The first-order chi connectivity index (χ1) is 22.1. The molecule has 2 atom stereocenters. The zero-order valence-corrected chi connectivity index (χ0v) is 28.9. The number of thioether (sulfide) groups is 1. The predicted molar refractivity (Wildman–Crippen MR) is 192 cm³/mol. The molecule has 0 aromatic heterocycles. The monoisotopic (exact) mass is 685 g/mol. The quantitative estimate of drug-likeness (QED) is 0.112. The molecule has 0 saturated heterocycles. The number of aliphatic imine (C=N–C) groups is 1. The van der Waals surface area contributed by atoms with Crippen molar-refractivity contribution in [3.8, 4) is 0 Å². The van der Waals surface area contributed by atoms with Crippen LogP contribution in [0.1, 0.15) is 47.5 Å². The van der Waals surface area contributed by atoms with E-state index < -0.39 is 11.7 Å². The van der Waals surface area contributed by atoms with Crippen molar-refractivity contribution >= 4 is 70.6 Å². The minimum absolute atomic E-state index is 0.0218. The second-order valence-corrected chi connectivity index (χ2v) is 13.6. The molecule has 4 rings (SSSR count). The fourth-order valence-electron chi connectivity index (χ4n) is 5.55. The first-order valence-corrected chi connectivity index (χ1v) is 17.6. The predicted octanol–water partition coefficient (Wildman–Crippen LogP) is 7.91. The molecule has 1 unspecified atom stereocenters. The van der Waals surface area contributed by atoms with Crippen LogP contribution in [0.3, 0.4) is 0 Å². The van der Waals surface area contributed by atoms with Crippen molar-refractivity contribution in [1.82, 2.24) is 10.2 Å². The van der Waals surface area contributed by atoms with Crippen LogP contribution in [-0.2, 0) is 4.79 Å². The molecule has 1 saturated carbocycles. The van der Waals surface area contributed by atoms with E-state index in [1.165, 1.54) is 18.9 Å². The first-order valence-electron chi connectivity index (χ1n) is 15.4. The topological polar surface area (TPSA) is 77.0 Å². The molecule has 246 valence electrons. The number of nitrogens with one attached hydrogen (secondary N) is 2. The molecule has 1 fully saturated rings. The van der Waals surface area contributed by atoms with Gasteiger partial charge in [0.25, 0.3) is 5.91 Å². The third kappa shape index (κ3) is 9.94. The zero-order valence-electron chi connectivity index (χ0n) is 26.6. The highest BCUT2D eigenvalue weighted by atomic mass is 35.5. The second kappa shape index (κ2) is 17.2. The summed E-state index contributed by atoms with van der Waals surface area (Å²) < 4.78 is 15.5. The van der Waals surface area contributed by atoms with Crippen LogP contribution >= 0.6 is 35.0 Å². The van der Waals surface area contributed by atoms with E-state index in [0.717, 1.165) is 18.0 Å². The van der Waals surface area contributed by atoms with Crippen molar-refractivity contribution in [2.75, 3.05) is 56.0 Å². The number of rotatable bonds is 17. The summed E-state index contributed by atoms with van der Waals surface area (Å²) in [5, 5.41) is 6.34. The van der Waals surface area contributed by atoms with Gasteiger partial charge in [0.2, 0.25) is 5.91 Å². The summed E-state index contributed by atoms with van der Waals surface area (Å²) in [5.74, 6) is -0.406. The van der Waals surface area contributed by atoms with Gasteiger partial charge in [-0.1, -0.05) is 41.4 Å². The maximum atomic E-state index is 15.5. The Hall–Kier alpha value is -3.11. The highest BCUT2D eigenvalue weighted by Gasteiger charge is 2.32. The van der Waals surface area contributed by atoms with Crippen LogP contribution in [0.15, 0.2) is 65.7 Å². The number of halogens is 3. The van der Waals surface area contributed by atoms with Crippen LogP contribution < -0.4 is 15.5 Å². The van der Waals surface area contributed by atoms with E-state index in [4.69, 9.17) is 23.2 Å². The number of hydrogen-bond donors (Lipinski definition) is 2. The van der Waals surface area contributed by atoms with Crippen LogP contribution in [0.25, 0.3) is 0 Å². The standard InChI is InChI=1S/C35H42Cl2FN5O2S/c1-39-31-19-24(34(44)40-16-18-46-4)13-14-32(31)42(2)17-15-27(43(3)22-23-11-12-23)21-29(28-9-6-10-30(37)33(28)38)35(45)41-26-8-5-7-25(36)20-26/h5-10,13-14,19-20,23,27,29H,1,11-12,15-18,21-22H2,2-4H3,(H,40,44)(H,41,45)/t27-,29?/m0/s1. The maximum absolute atomic E-state index is 15.5. The Labute approximate surface area is 285 Å². The van der Waals surface area contributed by atoms with E-state index in [0.29, 0.717) is 53.8 Å². The highest BCUT2D eigenvalue weighted by molar-refractivity contribution is 7.98. The summed E-state index contributed by atoms with van der Waals surface area (Å²) in [4.78, 5) is 35.1. The van der Waals surface area contributed by atoms with Crippen molar-refractivity contribution < 1.29 is 14.0 Å². The van der Waals surface area contributed by atoms with Gasteiger partial charge in [-0.3, -0.25) is 14.6 Å². The number of benzene rings is 3. The zero-order chi connectivity index (χ0) is 33.2. The van der Waals surface area contributed by atoms with Gasteiger partial charge in [-0.15, -0.1) is 0 Å². The Morgan fingerprint density at radius 1 is 1.11 bits per heavy atom. The van der Waals surface area contributed by atoms with Gasteiger partial charge in [-0.2, -0.15) is 11.8 Å². The van der Waals surface area contributed by atoms with E-state index in [-0.39, 0.29) is 28.4 Å². The highest BCUT2D eigenvalue weighted by Crippen LogP contribution is 2.35. The minimum Gasteiger partial charge on any atom is -0.373 e. The van der Waals surface area contributed by atoms with E-state index in [2.05, 4.69) is 39.2 Å². The molecular formula is C35H42Cl2FN5O2S. The summed E-state index contributed by atoms with van der Waals surface area (Å²) in [6, 6.07) is 17.1. The summed E-state index contributed by atoms with van der Waals surface area (Å²) in [6.07, 6.45) is 5.43. The molecular weight excluding hydrogens is 644 g/mol. The van der Waals surface area contributed by atoms with Gasteiger partial charge in [0, 0.05) is 60.3 Å². The molecule has 1 aliphatic carbocycles. The molecule has 11 heteroatoms. The van der Waals surface area contributed by atoms with Crippen molar-refractivity contribution in [2.45, 2.75) is 37.6 Å². The number of nitrogens with zero attached hydrogens (tertiary/aromatic N) is 3. The van der Waals surface area contributed by atoms with Gasteiger partial charge < -0.3 is 20.4 Å². The van der Waals surface area contributed by atoms with Crippen molar-refractivity contribution in [2.24, 2.45) is 10.9 Å². The van der Waals surface area contributed by atoms with Crippen molar-refractivity contribution in [3.05, 3.63) is 87.7 Å². The SMILES string of the molecule is C=Nc1cc(C(=O)NCCSC)ccc1N(C)CC[C@@H](CC(C(=O)Nc1cccc(Cl)c1)c1cccc(Cl)c1F)N(C)CC1CC1. The second-order valence-electron chi connectivity index (χ2n) is 11.8. The van der Waals surface area contributed by atoms with Crippen molar-refractivity contribution in [3.63, 3.8) is 0 Å². The lowest BCUT2D eigenvalue weighted by Crippen LogP contribution is -2.39. The van der Waals surface area contributed by atoms with Gasteiger partial charge in [0.1, 0.15) is 5.82 Å². The first kappa shape index (κ1) is 35.7. The fourth-order valence-corrected chi connectivity index (χ4v) is 6.23. The Morgan fingerprint density at radius 2 is 1.87 bits per heavy atom. The van der Waals surface area contributed by atoms with Gasteiger partial charge >= 0.3 is 0 Å². The molecule has 0 spiro atoms. The Bertz CT molecular complexity index is 1520. The Kier molecular flexibility index (Phi) is 13.3. The van der Waals surface area contributed by atoms with Gasteiger partial charge in [0.05, 0.1) is 22.3 Å². The molecule has 7 nitrogen and oxygen atoms in total. The summed E-state index contributed by atoms with van der Waals surface area (Å²) in [6.45, 7) is 5.85. The average Bonchev–Trinajstić information content (AvgIpc) is 3.86. The third-order valence-electron chi connectivity index (χ3n) is 8.35. The number of carbonyl (C=O) groups excluding carboxylic acids is 2. The van der Waals surface area contributed by atoms with E-state index in [1.54, 1.807) is 60.3 Å². The van der Waals surface area contributed by atoms with E-state index >= 15 is 4.39 Å². The average molecular weight is 687 g/mol. The maximum Gasteiger partial charge on any atom is 0.251 e. The summed E-state index contributed by atoms with van der Waals surface area (Å²) in [5.41, 5.74) is 2.78. The van der Waals surface area contributed by atoms with Crippen LogP contribution in [-0.4, -0.2) is 75.2 Å². The number of carbonyl (C=O) groups is 2. The van der Waals surface area contributed by atoms with Crippen molar-refractivity contribution in [1.29, 1.82) is 0 Å². The van der Waals surface area contributed by atoms with Crippen LogP contribution in [0, 0.1) is 11.7 Å². The smallest absolute Gasteiger partial charge is 0.251 e. The van der Waals surface area contributed by atoms with E-state index in [9.17, 15) is 9.59 Å². The normalized spacial score (nSPS) is 14.1. The largest absolute Gasteiger partial charge is 0.373 e. The molecule has 0 radical (unpaired) electrons. The lowest BCUT2D eigenvalue weighted by Gasteiger charge is -2.33. The molecule has 1 aliphatic rings. The van der Waals surface area contributed by atoms with Crippen LogP contribution in [0.4, 0.5) is 21.5 Å². The fraction of sp³-hybridized carbons (Fsp3) is 0.400. The summed E-state index contributed by atoms with van der Waals surface area (Å²) >= 11 is 14.0. The van der Waals surface area contributed by atoms with Gasteiger partial charge in [-0.05, 0) is 94.1 Å². The number of anilines is 2. The Morgan fingerprint density at radius 3 is 2.57 bits per heavy atom. The third-order valence-corrected chi connectivity index (χ3v) is 9.49. The molecule has 3 aromatic carbocycles. The van der Waals surface area contributed by atoms with Gasteiger partial charge in [0.15, 0.2) is 0 Å². The molecule has 0 aliphatic heterocycles. The molecule has 0 heterocycles. The Balaban J connectivity index is 1.56. The molecule has 3 aromatic rings. The minimum atomic E-state index is -0.802. The van der Waals surface area contributed by atoms with Gasteiger partial charge in [-0.25, -0.2) is 4.39 Å². The van der Waals surface area contributed by atoms with Crippen LogP contribution in [0.5, 0.6) is 0 Å². The van der Waals surface area contributed by atoms with Crippen LogP contribution in [0.2, 0.25) is 10.0 Å². The summed E-state index contributed by atoms with van der Waals surface area (Å²) in [7, 11) is 4.05. The van der Waals surface area contributed by atoms with E-state index in [1.807, 2.05) is 19.4 Å². The molecule has 46 heavy (non-hydrogen) atoms. The number of amides is 2. The lowest BCUT2D eigenvalue weighted by molar-refractivity contribution is -0.118. The molecule has 0 bridgehead atoms.